The van der Waals surface area contributed by atoms with Crippen molar-refractivity contribution in [3.05, 3.63) is 24.0 Å². The molecule has 1 saturated heterocycles. The molecule has 2 rings (SSSR count). The number of aryl methyl sites for hydroxylation is 1. The molecule has 0 aromatic carbocycles. The van der Waals surface area contributed by atoms with Gasteiger partial charge in [0.05, 0.1) is 6.20 Å². The Labute approximate surface area is 126 Å². The van der Waals surface area contributed by atoms with E-state index >= 15 is 0 Å². The first-order valence-corrected chi connectivity index (χ1v) is 7.46. The fraction of sp³-hybridized carbons (Fsp3) is 0.625. The van der Waals surface area contributed by atoms with Gasteiger partial charge >= 0.3 is 5.97 Å². The Morgan fingerprint density at radius 2 is 2.10 bits per heavy atom. The summed E-state index contributed by atoms with van der Waals surface area (Å²) in [4.78, 5) is 18.5. The number of pyridine rings is 1. The van der Waals surface area contributed by atoms with Gasteiger partial charge in [0.15, 0.2) is 0 Å². The normalized spacial score (nSPS) is 17.0. The zero-order valence-corrected chi connectivity index (χ0v) is 13.3. The van der Waals surface area contributed by atoms with Gasteiger partial charge in [-0.05, 0) is 45.2 Å². The minimum absolute atomic E-state index is 0.343. The number of nitrogens with zero attached hydrogens (tertiary/aromatic N) is 2. The van der Waals surface area contributed by atoms with E-state index in [0.29, 0.717) is 5.75 Å². The zero-order chi connectivity index (χ0) is 15.5. The monoisotopic (exact) mass is 292 g/mol. The van der Waals surface area contributed by atoms with Crippen LogP contribution in [0.2, 0.25) is 0 Å². The Morgan fingerprint density at radius 3 is 2.62 bits per heavy atom. The maximum Gasteiger partial charge on any atom is 0.363 e. The Morgan fingerprint density at radius 1 is 1.38 bits per heavy atom. The summed E-state index contributed by atoms with van der Waals surface area (Å²) in [6.45, 7) is 9.34. The van der Waals surface area contributed by atoms with E-state index in [0.717, 1.165) is 31.5 Å². The fourth-order valence-corrected chi connectivity index (χ4v) is 2.05. The highest BCUT2D eigenvalue weighted by Gasteiger charge is 2.35. The first-order valence-electron chi connectivity index (χ1n) is 7.46. The summed E-state index contributed by atoms with van der Waals surface area (Å²) in [5.41, 5.74) is 0.562. The predicted molar refractivity (Wildman–Crippen MR) is 80.1 cm³/mol. The molecule has 0 saturated carbocycles. The minimum Gasteiger partial charge on any atom is -0.462 e. The molecular formula is C16H24N2O3. The van der Waals surface area contributed by atoms with Gasteiger partial charge in [-0.15, -0.1) is 0 Å². The van der Waals surface area contributed by atoms with E-state index < -0.39 is 11.8 Å². The number of carbonyl (C=O) groups excluding carboxylic acids is 1. The maximum absolute atomic E-state index is 12.3. The maximum atomic E-state index is 12.3. The first-order chi connectivity index (χ1) is 9.89. The topological polar surface area (TPSA) is 51.7 Å². The van der Waals surface area contributed by atoms with E-state index in [9.17, 15) is 4.79 Å². The quantitative estimate of drug-likeness (QED) is 0.780. The van der Waals surface area contributed by atoms with Gasteiger partial charge in [-0.3, -0.25) is 9.88 Å². The molecule has 0 amide bonds. The van der Waals surface area contributed by atoms with Crippen molar-refractivity contribution >= 4 is 5.97 Å². The standard InChI is InChI=1S/C16H24N2O3/c1-5-12-9-13(11-17-10-12)20-14(18-7-6-8-18)15(19)21-16(2,3)4/h9-11,14H,5-8H2,1-4H3. The van der Waals surface area contributed by atoms with Crippen molar-refractivity contribution in [2.75, 3.05) is 13.1 Å². The van der Waals surface area contributed by atoms with Crippen LogP contribution in [0.4, 0.5) is 0 Å². The van der Waals surface area contributed by atoms with Crippen molar-refractivity contribution in [3.63, 3.8) is 0 Å². The van der Waals surface area contributed by atoms with Gasteiger partial charge in [0.2, 0.25) is 0 Å². The third kappa shape index (κ3) is 4.43. The van der Waals surface area contributed by atoms with Gasteiger partial charge in [0.25, 0.3) is 6.23 Å². The van der Waals surface area contributed by atoms with Crippen molar-refractivity contribution in [1.82, 2.24) is 9.88 Å². The fourth-order valence-electron chi connectivity index (χ4n) is 2.05. The van der Waals surface area contributed by atoms with E-state index in [4.69, 9.17) is 9.47 Å². The van der Waals surface area contributed by atoms with E-state index in [1.54, 1.807) is 12.4 Å². The lowest BCUT2D eigenvalue weighted by atomic mass is 10.2. The molecule has 0 N–H and O–H groups in total. The van der Waals surface area contributed by atoms with Crippen LogP contribution in [0, 0.1) is 0 Å². The van der Waals surface area contributed by atoms with Crippen LogP contribution >= 0.6 is 0 Å². The van der Waals surface area contributed by atoms with E-state index in [-0.39, 0.29) is 5.97 Å². The predicted octanol–water partition coefficient (Wildman–Crippen LogP) is 2.40. The number of carbonyl (C=O) groups is 1. The lowest BCUT2D eigenvalue weighted by Crippen LogP contribution is -2.53. The van der Waals surface area contributed by atoms with Crippen LogP contribution in [0.25, 0.3) is 0 Å². The minimum atomic E-state index is -0.688. The van der Waals surface area contributed by atoms with Crippen LogP contribution in [0.5, 0.6) is 5.75 Å². The van der Waals surface area contributed by atoms with Gasteiger partial charge in [0.1, 0.15) is 11.4 Å². The van der Waals surface area contributed by atoms with Crippen molar-refractivity contribution in [2.45, 2.75) is 52.4 Å². The van der Waals surface area contributed by atoms with Crippen LogP contribution in [0.3, 0.4) is 0 Å². The molecule has 2 heterocycles. The number of ether oxygens (including phenoxy) is 2. The lowest BCUT2D eigenvalue weighted by Gasteiger charge is -2.37. The Bertz CT molecular complexity index is 493. The summed E-state index contributed by atoms with van der Waals surface area (Å²) in [5.74, 6) is 0.265. The zero-order valence-electron chi connectivity index (χ0n) is 13.3. The van der Waals surface area contributed by atoms with Gasteiger partial charge in [-0.1, -0.05) is 6.92 Å². The highest BCUT2D eigenvalue weighted by atomic mass is 16.6. The molecule has 1 aromatic rings. The Hall–Kier alpha value is -1.62. The summed E-state index contributed by atoms with van der Waals surface area (Å²) in [6.07, 6.45) is 4.71. The number of hydrogen-bond donors (Lipinski definition) is 0. The van der Waals surface area contributed by atoms with E-state index in [2.05, 4.69) is 11.9 Å². The molecule has 21 heavy (non-hydrogen) atoms. The SMILES string of the molecule is CCc1cncc(OC(C(=O)OC(C)(C)C)N2CCC2)c1. The summed E-state index contributed by atoms with van der Waals surface area (Å²) in [5, 5.41) is 0. The second-order valence-corrected chi connectivity index (χ2v) is 6.28. The van der Waals surface area contributed by atoms with Crippen LogP contribution in [0.15, 0.2) is 18.5 Å². The average molecular weight is 292 g/mol. The molecule has 1 fully saturated rings. The van der Waals surface area contributed by atoms with Gasteiger partial charge < -0.3 is 9.47 Å². The first kappa shape index (κ1) is 15.8. The molecule has 5 heteroatoms. The van der Waals surface area contributed by atoms with Crippen molar-refractivity contribution in [2.24, 2.45) is 0 Å². The average Bonchev–Trinajstić information content (AvgIpc) is 2.34. The molecule has 1 aliphatic rings. The van der Waals surface area contributed by atoms with Crippen molar-refractivity contribution < 1.29 is 14.3 Å². The molecule has 0 radical (unpaired) electrons. The molecule has 1 atom stereocenters. The summed E-state index contributed by atoms with van der Waals surface area (Å²) in [6, 6.07) is 1.92. The molecule has 1 aromatic heterocycles. The highest BCUT2D eigenvalue weighted by Crippen LogP contribution is 2.21. The summed E-state index contributed by atoms with van der Waals surface area (Å²) < 4.78 is 11.3. The van der Waals surface area contributed by atoms with E-state index in [1.807, 2.05) is 31.7 Å². The summed E-state index contributed by atoms with van der Waals surface area (Å²) in [7, 11) is 0. The number of hydrogen-bond acceptors (Lipinski definition) is 5. The molecule has 0 aliphatic carbocycles. The Kier molecular flexibility index (Phi) is 4.83. The van der Waals surface area contributed by atoms with E-state index in [1.165, 1.54) is 0 Å². The molecule has 0 spiro atoms. The smallest absolute Gasteiger partial charge is 0.363 e. The van der Waals surface area contributed by atoms with Crippen LogP contribution in [0.1, 0.15) is 39.7 Å². The molecule has 116 valence electrons. The van der Waals surface area contributed by atoms with Crippen LogP contribution < -0.4 is 4.74 Å². The number of esters is 1. The largest absolute Gasteiger partial charge is 0.462 e. The molecular weight excluding hydrogens is 268 g/mol. The van der Waals surface area contributed by atoms with Gasteiger partial charge in [-0.2, -0.15) is 0 Å². The number of likely N-dealkylation sites (tertiary alicyclic amines) is 1. The highest BCUT2D eigenvalue weighted by molar-refractivity contribution is 5.75. The van der Waals surface area contributed by atoms with Gasteiger partial charge in [-0.25, -0.2) is 4.79 Å². The third-order valence-electron chi connectivity index (χ3n) is 3.26. The van der Waals surface area contributed by atoms with Crippen molar-refractivity contribution in [1.29, 1.82) is 0 Å². The van der Waals surface area contributed by atoms with Gasteiger partial charge in [0, 0.05) is 19.3 Å². The third-order valence-corrected chi connectivity index (χ3v) is 3.26. The van der Waals surface area contributed by atoms with Crippen LogP contribution in [-0.2, 0) is 16.0 Å². The number of rotatable bonds is 5. The number of aromatic nitrogens is 1. The van der Waals surface area contributed by atoms with Crippen molar-refractivity contribution in [3.8, 4) is 5.75 Å². The molecule has 1 aliphatic heterocycles. The molecule has 1 unspecified atom stereocenters. The van der Waals surface area contributed by atoms with Crippen LogP contribution in [-0.4, -0.2) is 40.8 Å². The Balaban J connectivity index is 2.10. The molecule has 0 bridgehead atoms. The molecule has 5 nitrogen and oxygen atoms in total. The second kappa shape index (κ2) is 6.43. The second-order valence-electron chi connectivity index (χ2n) is 6.28. The lowest BCUT2D eigenvalue weighted by molar-refractivity contribution is -0.176. The summed E-state index contributed by atoms with van der Waals surface area (Å²) >= 11 is 0.